The molecule has 1 aromatic rings. The number of ether oxygens (including phenoxy) is 1. The van der Waals surface area contributed by atoms with E-state index in [0.29, 0.717) is 24.1 Å². The molecule has 0 radical (unpaired) electrons. The Morgan fingerprint density at radius 3 is 2.82 bits per heavy atom. The summed E-state index contributed by atoms with van der Waals surface area (Å²) in [7, 11) is 0. The highest BCUT2D eigenvalue weighted by molar-refractivity contribution is 7.16. The maximum Gasteiger partial charge on any atom is 0.228 e. The van der Waals surface area contributed by atoms with E-state index in [1.807, 2.05) is 13.0 Å². The fourth-order valence-electron chi connectivity index (χ4n) is 2.42. The van der Waals surface area contributed by atoms with Crippen molar-refractivity contribution < 1.29 is 14.6 Å². The summed E-state index contributed by atoms with van der Waals surface area (Å²) in [5.41, 5.74) is -0.959. The fraction of sp³-hybridized carbons (Fsp3) is 0.667. The highest BCUT2D eigenvalue weighted by Crippen LogP contribution is 2.28. The fourth-order valence-corrected chi connectivity index (χ4v) is 3.53. The quantitative estimate of drug-likeness (QED) is 0.823. The van der Waals surface area contributed by atoms with Gasteiger partial charge >= 0.3 is 0 Å². The van der Waals surface area contributed by atoms with Crippen LogP contribution in [0.5, 0.6) is 0 Å². The third kappa shape index (κ3) is 5.21. The molecule has 22 heavy (non-hydrogen) atoms. The van der Waals surface area contributed by atoms with Gasteiger partial charge in [-0.3, -0.25) is 9.69 Å². The second-order valence-corrected chi connectivity index (χ2v) is 7.71. The lowest BCUT2D eigenvalue weighted by molar-refractivity contribution is -0.123. The van der Waals surface area contributed by atoms with Gasteiger partial charge in [-0.15, -0.1) is 11.3 Å². The zero-order valence-electron chi connectivity index (χ0n) is 13.0. The molecule has 1 aliphatic rings. The minimum atomic E-state index is -0.959. The SMILES string of the molecule is CC(C(=O)NCC(C)(O)CN1CCOCC1)c1ccc(Cl)s1. The molecule has 5 nitrogen and oxygen atoms in total. The van der Waals surface area contributed by atoms with Crippen LogP contribution < -0.4 is 5.32 Å². The van der Waals surface area contributed by atoms with E-state index in [0.717, 1.165) is 18.0 Å². The number of β-amino-alcohol motifs (C(OH)–C–C–N with tert-alkyl or cyclic N) is 1. The first-order valence-corrected chi connectivity index (χ1v) is 8.62. The Balaban J connectivity index is 1.81. The van der Waals surface area contributed by atoms with Crippen molar-refractivity contribution >= 4 is 28.8 Å². The Labute approximate surface area is 140 Å². The first kappa shape index (κ1) is 17.7. The number of nitrogens with one attached hydrogen (secondary N) is 1. The maximum atomic E-state index is 12.2. The molecular weight excluding hydrogens is 324 g/mol. The summed E-state index contributed by atoms with van der Waals surface area (Å²) in [4.78, 5) is 15.3. The number of thiophene rings is 1. The number of morpholine rings is 1. The lowest BCUT2D eigenvalue weighted by Crippen LogP contribution is -2.51. The molecule has 0 saturated carbocycles. The third-order valence-corrected chi connectivity index (χ3v) is 5.14. The monoisotopic (exact) mass is 346 g/mol. The van der Waals surface area contributed by atoms with Crippen molar-refractivity contribution in [1.29, 1.82) is 0 Å². The van der Waals surface area contributed by atoms with Gasteiger partial charge in [-0.25, -0.2) is 0 Å². The van der Waals surface area contributed by atoms with E-state index in [1.54, 1.807) is 13.0 Å². The number of carbonyl (C=O) groups excluding carboxylic acids is 1. The van der Waals surface area contributed by atoms with Crippen LogP contribution in [0.15, 0.2) is 12.1 Å². The van der Waals surface area contributed by atoms with Crippen LogP contribution >= 0.6 is 22.9 Å². The Bertz CT molecular complexity index is 501. The molecule has 124 valence electrons. The molecule has 2 rings (SSSR count). The van der Waals surface area contributed by atoms with Crippen LogP contribution in [0, 0.1) is 0 Å². The van der Waals surface area contributed by atoms with Gasteiger partial charge in [-0.05, 0) is 26.0 Å². The number of rotatable bonds is 6. The van der Waals surface area contributed by atoms with E-state index >= 15 is 0 Å². The van der Waals surface area contributed by atoms with E-state index in [1.165, 1.54) is 11.3 Å². The van der Waals surface area contributed by atoms with Gasteiger partial charge in [0.05, 0.1) is 29.1 Å². The first-order chi connectivity index (χ1) is 10.4. The predicted molar refractivity (Wildman–Crippen MR) is 88.6 cm³/mol. The van der Waals surface area contributed by atoms with Gasteiger partial charge in [0.2, 0.25) is 5.91 Å². The van der Waals surface area contributed by atoms with Gasteiger partial charge in [-0.2, -0.15) is 0 Å². The molecule has 1 amide bonds. The molecule has 1 aliphatic heterocycles. The molecule has 1 aromatic heterocycles. The minimum Gasteiger partial charge on any atom is -0.387 e. The number of aliphatic hydroxyl groups is 1. The molecule has 0 spiro atoms. The van der Waals surface area contributed by atoms with Gasteiger partial charge < -0.3 is 15.2 Å². The second-order valence-electron chi connectivity index (χ2n) is 5.97. The highest BCUT2D eigenvalue weighted by atomic mass is 35.5. The summed E-state index contributed by atoms with van der Waals surface area (Å²) in [6.07, 6.45) is 0. The van der Waals surface area contributed by atoms with E-state index in [9.17, 15) is 9.90 Å². The number of hydrogen-bond donors (Lipinski definition) is 2. The van der Waals surface area contributed by atoms with Crippen molar-refractivity contribution in [3.05, 3.63) is 21.3 Å². The largest absolute Gasteiger partial charge is 0.387 e. The van der Waals surface area contributed by atoms with E-state index in [-0.39, 0.29) is 18.4 Å². The molecule has 2 heterocycles. The van der Waals surface area contributed by atoms with Gasteiger partial charge in [0.15, 0.2) is 0 Å². The molecule has 0 aliphatic carbocycles. The number of carbonyl (C=O) groups is 1. The molecule has 0 bridgehead atoms. The van der Waals surface area contributed by atoms with E-state index < -0.39 is 5.60 Å². The van der Waals surface area contributed by atoms with Crippen LogP contribution in [-0.2, 0) is 9.53 Å². The molecule has 0 aromatic carbocycles. The van der Waals surface area contributed by atoms with E-state index in [4.69, 9.17) is 16.3 Å². The normalized spacial score (nSPS) is 20.4. The second kappa shape index (κ2) is 7.75. The highest BCUT2D eigenvalue weighted by Gasteiger charge is 2.27. The van der Waals surface area contributed by atoms with Crippen molar-refractivity contribution in [2.45, 2.75) is 25.4 Å². The van der Waals surface area contributed by atoms with Crippen molar-refractivity contribution in [2.75, 3.05) is 39.4 Å². The third-order valence-electron chi connectivity index (χ3n) is 3.73. The number of halogens is 1. The smallest absolute Gasteiger partial charge is 0.228 e. The van der Waals surface area contributed by atoms with Crippen LogP contribution in [0.3, 0.4) is 0 Å². The summed E-state index contributed by atoms with van der Waals surface area (Å²) in [6, 6.07) is 3.66. The summed E-state index contributed by atoms with van der Waals surface area (Å²) in [5, 5.41) is 13.3. The van der Waals surface area contributed by atoms with Crippen LogP contribution in [0.25, 0.3) is 0 Å². The van der Waals surface area contributed by atoms with E-state index in [2.05, 4.69) is 10.2 Å². The summed E-state index contributed by atoms with van der Waals surface area (Å²) >= 11 is 7.30. The molecule has 2 N–H and O–H groups in total. The zero-order valence-corrected chi connectivity index (χ0v) is 14.5. The average molecular weight is 347 g/mol. The Hall–Kier alpha value is -0.660. The number of nitrogens with zero attached hydrogens (tertiary/aromatic N) is 1. The lowest BCUT2D eigenvalue weighted by atomic mass is 10.0. The average Bonchev–Trinajstić information content (AvgIpc) is 2.91. The Morgan fingerprint density at radius 2 is 2.23 bits per heavy atom. The number of hydrogen-bond acceptors (Lipinski definition) is 5. The molecule has 1 saturated heterocycles. The first-order valence-electron chi connectivity index (χ1n) is 7.43. The molecule has 1 fully saturated rings. The Morgan fingerprint density at radius 1 is 1.55 bits per heavy atom. The summed E-state index contributed by atoms with van der Waals surface area (Å²) < 4.78 is 5.97. The van der Waals surface area contributed by atoms with Gasteiger partial charge in [0.1, 0.15) is 0 Å². The van der Waals surface area contributed by atoms with Gasteiger partial charge in [0, 0.05) is 31.1 Å². The standard InChI is InChI=1S/C15H23ClN2O3S/c1-11(12-3-4-13(16)22-12)14(19)17-9-15(2,20)10-18-5-7-21-8-6-18/h3-4,11,20H,5-10H2,1-2H3,(H,17,19). The van der Waals surface area contributed by atoms with Crippen LogP contribution in [0.1, 0.15) is 24.6 Å². The predicted octanol–water partition coefficient (Wildman–Crippen LogP) is 1.70. The van der Waals surface area contributed by atoms with Crippen molar-refractivity contribution in [1.82, 2.24) is 10.2 Å². The molecule has 2 atom stereocenters. The van der Waals surface area contributed by atoms with Crippen molar-refractivity contribution in [3.8, 4) is 0 Å². The molecular formula is C15H23ClN2O3S. The minimum absolute atomic E-state index is 0.0965. The molecule has 2 unspecified atom stereocenters. The van der Waals surface area contributed by atoms with Gasteiger partial charge in [0.25, 0.3) is 0 Å². The topological polar surface area (TPSA) is 61.8 Å². The maximum absolute atomic E-state index is 12.2. The summed E-state index contributed by atoms with van der Waals surface area (Å²) in [5.74, 6) is -0.363. The zero-order chi connectivity index (χ0) is 16.2. The van der Waals surface area contributed by atoms with Crippen molar-refractivity contribution in [3.63, 3.8) is 0 Å². The lowest BCUT2D eigenvalue weighted by Gasteiger charge is -2.34. The number of amides is 1. The molecule has 7 heteroatoms. The summed E-state index contributed by atoms with van der Waals surface area (Å²) in [6.45, 7) is 7.35. The van der Waals surface area contributed by atoms with Crippen LogP contribution in [0.2, 0.25) is 4.34 Å². The van der Waals surface area contributed by atoms with Crippen molar-refractivity contribution in [2.24, 2.45) is 0 Å². The Kier molecular flexibility index (Phi) is 6.23. The van der Waals surface area contributed by atoms with Crippen LogP contribution in [-0.4, -0.2) is 60.9 Å². The van der Waals surface area contributed by atoms with Gasteiger partial charge in [-0.1, -0.05) is 11.6 Å². The van der Waals surface area contributed by atoms with Crippen LogP contribution in [0.4, 0.5) is 0 Å².